The van der Waals surface area contributed by atoms with Crippen LogP contribution in [0.2, 0.25) is 0 Å². The number of aromatic nitrogens is 2. The SMILES string of the molecule is Cc1cc(OCCCc2ccc3c(c2)C(=O)N(C(CC(=O)O)c2ccccc2)C(c2ccccc2)C(=O)N3Cc2ccccc2)nc(N)n1. The summed E-state index contributed by atoms with van der Waals surface area (Å²) in [7, 11) is 0. The van der Waals surface area contributed by atoms with E-state index in [0.717, 1.165) is 11.1 Å². The van der Waals surface area contributed by atoms with Crippen LogP contribution >= 0.6 is 0 Å². The van der Waals surface area contributed by atoms with E-state index in [0.29, 0.717) is 53.4 Å². The molecule has 2 heterocycles. The van der Waals surface area contributed by atoms with Crippen LogP contribution in [-0.2, 0) is 22.6 Å². The highest BCUT2D eigenvalue weighted by Gasteiger charge is 2.44. The molecule has 0 aliphatic carbocycles. The smallest absolute Gasteiger partial charge is 0.305 e. The molecule has 1 aliphatic rings. The van der Waals surface area contributed by atoms with Crippen molar-refractivity contribution in [2.45, 2.75) is 44.8 Å². The monoisotopic (exact) mass is 655 g/mol. The highest BCUT2D eigenvalue weighted by Crippen LogP contribution is 2.42. The van der Waals surface area contributed by atoms with Crippen LogP contribution in [0.25, 0.3) is 0 Å². The van der Waals surface area contributed by atoms with Crippen LogP contribution in [0.4, 0.5) is 11.6 Å². The third kappa shape index (κ3) is 7.59. The first-order valence-corrected chi connectivity index (χ1v) is 16.1. The second kappa shape index (κ2) is 14.8. The zero-order chi connectivity index (χ0) is 34.3. The molecule has 2 atom stereocenters. The normalized spacial score (nSPS) is 15.0. The fourth-order valence-electron chi connectivity index (χ4n) is 6.28. The Morgan fingerprint density at radius 3 is 2.22 bits per heavy atom. The van der Waals surface area contributed by atoms with Crippen molar-refractivity contribution in [3.05, 3.63) is 149 Å². The van der Waals surface area contributed by atoms with Crippen molar-refractivity contribution in [3.63, 3.8) is 0 Å². The van der Waals surface area contributed by atoms with Crippen molar-refractivity contribution < 1.29 is 24.2 Å². The molecule has 4 aromatic carbocycles. The van der Waals surface area contributed by atoms with Crippen LogP contribution in [-0.4, -0.2) is 44.4 Å². The van der Waals surface area contributed by atoms with Crippen LogP contribution in [0.15, 0.2) is 115 Å². The Labute approximate surface area is 284 Å². The van der Waals surface area contributed by atoms with Crippen molar-refractivity contribution >= 4 is 29.4 Å². The van der Waals surface area contributed by atoms with Crippen molar-refractivity contribution in [1.82, 2.24) is 14.9 Å². The van der Waals surface area contributed by atoms with Crippen LogP contribution in [0, 0.1) is 6.92 Å². The molecule has 0 saturated carbocycles. The van der Waals surface area contributed by atoms with Gasteiger partial charge < -0.3 is 25.4 Å². The molecule has 5 aromatic rings. The number of hydrogen-bond donors (Lipinski definition) is 2. The second-order valence-corrected chi connectivity index (χ2v) is 12.0. The Bertz CT molecular complexity index is 1920. The topological polar surface area (TPSA) is 139 Å². The lowest BCUT2D eigenvalue weighted by molar-refractivity contribution is -0.139. The molecule has 0 fully saturated rings. The van der Waals surface area contributed by atoms with Crippen molar-refractivity contribution in [2.75, 3.05) is 17.2 Å². The summed E-state index contributed by atoms with van der Waals surface area (Å²) in [5.74, 6) is -1.29. The summed E-state index contributed by atoms with van der Waals surface area (Å²) in [4.78, 5) is 53.6. The van der Waals surface area contributed by atoms with Crippen LogP contribution < -0.4 is 15.4 Å². The summed E-state index contributed by atoms with van der Waals surface area (Å²) in [5, 5.41) is 10.1. The van der Waals surface area contributed by atoms with E-state index in [2.05, 4.69) is 9.97 Å². The number of benzene rings is 4. The van der Waals surface area contributed by atoms with Gasteiger partial charge >= 0.3 is 5.97 Å². The molecule has 6 rings (SSSR count). The molecule has 3 N–H and O–H groups in total. The molecule has 2 amide bonds. The maximum absolute atomic E-state index is 15.0. The zero-order valence-electron chi connectivity index (χ0n) is 27.1. The number of rotatable bonds is 12. The van der Waals surface area contributed by atoms with Gasteiger partial charge in [0.1, 0.15) is 6.04 Å². The first-order valence-electron chi connectivity index (χ1n) is 16.1. The number of nitrogen functional groups attached to an aromatic ring is 1. The Kier molecular flexibility index (Phi) is 9.94. The van der Waals surface area contributed by atoms with E-state index < -0.39 is 24.0 Å². The van der Waals surface area contributed by atoms with E-state index >= 15 is 0 Å². The van der Waals surface area contributed by atoms with Gasteiger partial charge in [-0.3, -0.25) is 14.4 Å². The number of carbonyl (C=O) groups excluding carboxylic acids is 2. The highest BCUT2D eigenvalue weighted by molar-refractivity contribution is 6.11. The number of nitrogens with two attached hydrogens (primary N) is 1. The van der Waals surface area contributed by atoms with Crippen molar-refractivity contribution in [1.29, 1.82) is 0 Å². The number of aryl methyl sites for hydroxylation is 2. The number of fused-ring (bicyclic) bond motifs is 1. The molecule has 0 radical (unpaired) electrons. The fourth-order valence-corrected chi connectivity index (χ4v) is 6.28. The standard InChI is InChI=1S/C39H37N5O5/c1-26-22-34(42-39(40)41-26)49-21-11-14-27-19-20-32-31(23-27)37(47)44(33(24-35(45)46)29-15-7-3-8-16-29)36(30-17-9-4-10-18-30)38(48)43(32)25-28-12-5-2-6-13-28/h2-10,12-13,15-20,22-23,33,36H,11,14,21,24-25H2,1H3,(H,45,46)(H2,40,41,42). The number of hydrogen-bond acceptors (Lipinski definition) is 7. The number of ether oxygens (including phenoxy) is 1. The predicted octanol–water partition coefficient (Wildman–Crippen LogP) is 6.33. The van der Waals surface area contributed by atoms with Gasteiger partial charge in [-0.15, -0.1) is 0 Å². The lowest BCUT2D eigenvalue weighted by Crippen LogP contribution is -2.44. The molecular weight excluding hydrogens is 618 g/mol. The molecule has 0 spiro atoms. The maximum Gasteiger partial charge on any atom is 0.305 e. The van der Waals surface area contributed by atoms with E-state index in [9.17, 15) is 19.5 Å². The average molecular weight is 656 g/mol. The van der Waals surface area contributed by atoms with Gasteiger partial charge in [0.05, 0.1) is 36.9 Å². The Morgan fingerprint density at radius 2 is 1.55 bits per heavy atom. The predicted molar refractivity (Wildman–Crippen MR) is 186 cm³/mol. The third-order valence-corrected chi connectivity index (χ3v) is 8.49. The summed E-state index contributed by atoms with van der Waals surface area (Å²) in [5.41, 5.74) is 10.2. The van der Waals surface area contributed by atoms with Gasteiger partial charge in [0, 0.05) is 11.8 Å². The summed E-state index contributed by atoms with van der Waals surface area (Å²) in [6.45, 7) is 2.39. The Hall–Kier alpha value is -6.03. The molecule has 49 heavy (non-hydrogen) atoms. The molecule has 0 saturated heterocycles. The van der Waals surface area contributed by atoms with E-state index in [1.165, 1.54) is 4.90 Å². The minimum absolute atomic E-state index is 0.143. The number of anilines is 2. The number of amides is 2. The molecule has 1 aromatic heterocycles. The molecular formula is C39H37N5O5. The van der Waals surface area contributed by atoms with Crippen LogP contribution in [0.3, 0.4) is 0 Å². The van der Waals surface area contributed by atoms with Gasteiger partial charge in [-0.25, -0.2) is 4.98 Å². The number of aliphatic carboxylic acids is 1. The number of carbonyl (C=O) groups is 3. The molecule has 1 aliphatic heterocycles. The number of carboxylic acid groups (broad SMARTS) is 1. The molecule has 10 heteroatoms. The summed E-state index contributed by atoms with van der Waals surface area (Å²) >= 11 is 0. The second-order valence-electron chi connectivity index (χ2n) is 12.0. The molecule has 2 unspecified atom stereocenters. The maximum atomic E-state index is 15.0. The van der Waals surface area contributed by atoms with Crippen molar-refractivity contribution in [3.8, 4) is 5.88 Å². The minimum Gasteiger partial charge on any atom is -0.481 e. The number of carboxylic acids is 1. The van der Waals surface area contributed by atoms with Gasteiger partial charge in [0.2, 0.25) is 11.8 Å². The lowest BCUT2D eigenvalue weighted by atomic mass is 9.95. The van der Waals surface area contributed by atoms with E-state index in [1.54, 1.807) is 47.4 Å². The van der Waals surface area contributed by atoms with Crippen LogP contribution in [0.5, 0.6) is 5.88 Å². The Balaban J connectivity index is 1.42. The highest BCUT2D eigenvalue weighted by atomic mass is 16.5. The van der Waals surface area contributed by atoms with Gasteiger partial charge in [-0.2, -0.15) is 4.98 Å². The first kappa shape index (κ1) is 32.9. The first-order chi connectivity index (χ1) is 23.8. The minimum atomic E-state index is -1.09. The average Bonchev–Trinajstić information content (AvgIpc) is 3.18. The largest absolute Gasteiger partial charge is 0.481 e. The molecule has 0 bridgehead atoms. The lowest BCUT2D eigenvalue weighted by Gasteiger charge is -2.37. The van der Waals surface area contributed by atoms with Gasteiger partial charge in [0.25, 0.3) is 11.8 Å². The van der Waals surface area contributed by atoms with Gasteiger partial charge in [0.15, 0.2) is 0 Å². The van der Waals surface area contributed by atoms with Crippen LogP contribution in [0.1, 0.15) is 63.2 Å². The Morgan fingerprint density at radius 1 is 0.878 bits per heavy atom. The summed E-state index contributed by atoms with van der Waals surface area (Å²) in [6, 6.07) is 33.0. The number of nitrogens with zero attached hydrogens (tertiary/aromatic N) is 4. The summed E-state index contributed by atoms with van der Waals surface area (Å²) in [6.07, 6.45) is 0.807. The van der Waals surface area contributed by atoms with Crippen molar-refractivity contribution in [2.24, 2.45) is 0 Å². The zero-order valence-corrected chi connectivity index (χ0v) is 27.1. The van der Waals surface area contributed by atoms with Gasteiger partial charge in [-0.1, -0.05) is 97.1 Å². The third-order valence-electron chi connectivity index (χ3n) is 8.49. The molecule has 10 nitrogen and oxygen atoms in total. The summed E-state index contributed by atoms with van der Waals surface area (Å²) < 4.78 is 5.82. The fraction of sp³-hybridized carbons (Fsp3) is 0.205. The van der Waals surface area contributed by atoms with E-state index in [-0.39, 0.29) is 24.8 Å². The van der Waals surface area contributed by atoms with Gasteiger partial charge in [-0.05, 0) is 54.2 Å². The molecule has 248 valence electrons. The quantitative estimate of drug-likeness (QED) is 0.149. The van der Waals surface area contributed by atoms with E-state index in [4.69, 9.17) is 10.5 Å². The van der Waals surface area contributed by atoms with E-state index in [1.807, 2.05) is 79.7 Å².